The fourth-order valence-electron chi connectivity index (χ4n) is 1.88. The molecule has 0 atom stereocenters. The molecule has 2 heterocycles. The summed E-state index contributed by atoms with van der Waals surface area (Å²) in [6.45, 7) is 3.69. The summed E-state index contributed by atoms with van der Waals surface area (Å²) < 4.78 is 5.33. The predicted molar refractivity (Wildman–Crippen MR) is 63.8 cm³/mol. The van der Waals surface area contributed by atoms with Crippen LogP contribution in [0.15, 0.2) is 6.33 Å². The Morgan fingerprint density at radius 1 is 1.25 bits per heavy atom. The lowest BCUT2D eigenvalue weighted by Gasteiger charge is -2.24. The number of aromatic nitrogens is 2. The Morgan fingerprint density at radius 3 is 2.62 bits per heavy atom. The molecule has 16 heavy (non-hydrogen) atoms. The van der Waals surface area contributed by atoms with Gasteiger partial charge < -0.3 is 15.4 Å². The maximum atomic E-state index is 5.33. The van der Waals surface area contributed by atoms with E-state index in [-0.39, 0.29) is 0 Å². The van der Waals surface area contributed by atoms with Crippen molar-refractivity contribution in [3.8, 4) is 0 Å². The first-order valence-corrected chi connectivity index (χ1v) is 5.65. The van der Waals surface area contributed by atoms with Crippen LogP contribution in [-0.4, -0.2) is 36.3 Å². The van der Waals surface area contributed by atoms with Crippen molar-refractivity contribution in [2.75, 3.05) is 30.9 Å². The number of anilines is 2. The van der Waals surface area contributed by atoms with Gasteiger partial charge in [-0.3, -0.25) is 0 Å². The molecule has 2 N–H and O–H groups in total. The molecule has 2 rings (SSSR count). The Bertz CT molecular complexity index is 350. The maximum Gasteiger partial charge on any atom is 0.134 e. The van der Waals surface area contributed by atoms with Gasteiger partial charge in [-0.2, -0.15) is 0 Å². The molecule has 1 aliphatic heterocycles. The maximum absolute atomic E-state index is 5.33. The van der Waals surface area contributed by atoms with Gasteiger partial charge in [0.05, 0.1) is 0 Å². The van der Waals surface area contributed by atoms with Crippen LogP contribution >= 0.6 is 0 Å². The van der Waals surface area contributed by atoms with E-state index < -0.39 is 0 Å². The van der Waals surface area contributed by atoms with Crippen LogP contribution in [0.5, 0.6) is 0 Å². The van der Waals surface area contributed by atoms with Gasteiger partial charge in [-0.25, -0.2) is 9.97 Å². The summed E-state index contributed by atoms with van der Waals surface area (Å²) in [5, 5.41) is 6.51. The Morgan fingerprint density at radius 2 is 1.94 bits per heavy atom. The zero-order valence-corrected chi connectivity index (χ0v) is 9.79. The molecular weight excluding hydrogens is 204 g/mol. The van der Waals surface area contributed by atoms with Gasteiger partial charge in [0.2, 0.25) is 0 Å². The van der Waals surface area contributed by atoms with Crippen molar-refractivity contribution in [1.29, 1.82) is 0 Å². The minimum atomic E-state index is 0.465. The Kier molecular flexibility index (Phi) is 3.56. The van der Waals surface area contributed by atoms with E-state index in [0.717, 1.165) is 43.3 Å². The van der Waals surface area contributed by atoms with Crippen LogP contribution < -0.4 is 10.6 Å². The number of rotatable bonds is 3. The number of nitrogens with one attached hydrogen (secondary N) is 2. The van der Waals surface area contributed by atoms with Crippen LogP contribution in [0.2, 0.25) is 0 Å². The highest BCUT2D eigenvalue weighted by atomic mass is 16.5. The van der Waals surface area contributed by atoms with Crippen LogP contribution in [-0.2, 0) is 4.74 Å². The highest BCUT2D eigenvalue weighted by molar-refractivity contribution is 5.56. The van der Waals surface area contributed by atoms with Crippen LogP contribution in [0.1, 0.15) is 18.4 Å². The van der Waals surface area contributed by atoms with Crippen molar-refractivity contribution < 1.29 is 4.74 Å². The zero-order valence-electron chi connectivity index (χ0n) is 9.79. The molecular formula is C11H18N4O. The van der Waals surface area contributed by atoms with Gasteiger partial charge in [0, 0.05) is 31.9 Å². The second kappa shape index (κ2) is 5.12. The molecule has 0 saturated carbocycles. The summed E-state index contributed by atoms with van der Waals surface area (Å²) in [4.78, 5) is 8.44. The molecule has 0 radical (unpaired) electrons. The largest absolute Gasteiger partial charge is 0.381 e. The van der Waals surface area contributed by atoms with E-state index in [4.69, 9.17) is 4.74 Å². The highest BCUT2D eigenvalue weighted by Crippen LogP contribution is 2.20. The van der Waals surface area contributed by atoms with E-state index in [1.54, 1.807) is 6.33 Å². The van der Waals surface area contributed by atoms with Crippen molar-refractivity contribution in [2.24, 2.45) is 0 Å². The summed E-state index contributed by atoms with van der Waals surface area (Å²) >= 11 is 0. The number of hydrogen-bond donors (Lipinski definition) is 2. The first-order chi connectivity index (χ1) is 7.81. The molecule has 1 aromatic heterocycles. The summed E-state index contributed by atoms with van der Waals surface area (Å²) in [6, 6.07) is 0.465. The summed E-state index contributed by atoms with van der Waals surface area (Å²) in [5.41, 5.74) is 1.07. The predicted octanol–water partition coefficient (Wildman–Crippen LogP) is 1.42. The fraction of sp³-hybridized carbons (Fsp3) is 0.636. The third-order valence-corrected chi connectivity index (χ3v) is 2.88. The van der Waals surface area contributed by atoms with Crippen molar-refractivity contribution >= 4 is 11.6 Å². The van der Waals surface area contributed by atoms with Gasteiger partial charge >= 0.3 is 0 Å². The normalized spacial score (nSPS) is 17.1. The summed E-state index contributed by atoms with van der Waals surface area (Å²) in [5.74, 6) is 1.80. The quantitative estimate of drug-likeness (QED) is 0.810. The molecule has 0 aromatic carbocycles. The summed E-state index contributed by atoms with van der Waals surface area (Å²) in [7, 11) is 1.87. The lowest BCUT2D eigenvalue weighted by atomic mass is 10.1. The van der Waals surface area contributed by atoms with E-state index in [9.17, 15) is 0 Å². The summed E-state index contributed by atoms with van der Waals surface area (Å²) in [6.07, 6.45) is 3.66. The Hall–Kier alpha value is -1.36. The monoisotopic (exact) mass is 222 g/mol. The van der Waals surface area contributed by atoms with Crippen molar-refractivity contribution in [3.63, 3.8) is 0 Å². The van der Waals surface area contributed by atoms with E-state index in [2.05, 4.69) is 20.6 Å². The van der Waals surface area contributed by atoms with E-state index in [1.807, 2.05) is 14.0 Å². The molecule has 88 valence electrons. The second-order valence-corrected chi connectivity index (χ2v) is 3.98. The fourth-order valence-corrected chi connectivity index (χ4v) is 1.88. The van der Waals surface area contributed by atoms with Crippen LogP contribution in [0.4, 0.5) is 11.6 Å². The molecule has 5 heteroatoms. The molecule has 0 spiro atoms. The average molecular weight is 222 g/mol. The molecule has 1 aromatic rings. The van der Waals surface area contributed by atoms with E-state index >= 15 is 0 Å². The van der Waals surface area contributed by atoms with E-state index in [0.29, 0.717) is 6.04 Å². The standard InChI is InChI=1S/C11H18N4O/c1-8-10(12-2)13-7-14-11(8)15-9-3-5-16-6-4-9/h7,9H,3-6H2,1-2H3,(H2,12,13,14,15). The van der Waals surface area contributed by atoms with Crippen molar-refractivity contribution in [1.82, 2.24) is 9.97 Å². The van der Waals surface area contributed by atoms with Crippen molar-refractivity contribution in [2.45, 2.75) is 25.8 Å². The van der Waals surface area contributed by atoms with Crippen LogP contribution in [0, 0.1) is 6.92 Å². The van der Waals surface area contributed by atoms with Gasteiger partial charge in [0.15, 0.2) is 0 Å². The SMILES string of the molecule is CNc1ncnc(NC2CCOCC2)c1C. The minimum Gasteiger partial charge on any atom is -0.381 e. The molecule has 0 unspecified atom stereocenters. The number of nitrogens with zero attached hydrogens (tertiary/aromatic N) is 2. The number of hydrogen-bond acceptors (Lipinski definition) is 5. The molecule has 1 saturated heterocycles. The molecule has 1 fully saturated rings. The first-order valence-electron chi connectivity index (χ1n) is 5.65. The third-order valence-electron chi connectivity index (χ3n) is 2.88. The highest BCUT2D eigenvalue weighted by Gasteiger charge is 2.15. The molecule has 5 nitrogen and oxygen atoms in total. The average Bonchev–Trinajstić information content (AvgIpc) is 2.33. The van der Waals surface area contributed by atoms with Gasteiger partial charge in [-0.1, -0.05) is 0 Å². The lowest BCUT2D eigenvalue weighted by molar-refractivity contribution is 0.0904. The van der Waals surface area contributed by atoms with E-state index in [1.165, 1.54) is 0 Å². The van der Waals surface area contributed by atoms with Gasteiger partial charge in [0.1, 0.15) is 18.0 Å². The minimum absolute atomic E-state index is 0.465. The molecule has 0 aliphatic carbocycles. The van der Waals surface area contributed by atoms with Gasteiger partial charge in [-0.15, -0.1) is 0 Å². The number of ether oxygens (including phenoxy) is 1. The Labute approximate surface area is 95.6 Å². The lowest BCUT2D eigenvalue weighted by Crippen LogP contribution is -2.28. The van der Waals surface area contributed by atoms with Gasteiger partial charge in [0.25, 0.3) is 0 Å². The molecule has 0 bridgehead atoms. The zero-order chi connectivity index (χ0) is 11.4. The Balaban J connectivity index is 2.08. The van der Waals surface area contributed by atoms with Crippen LogP contribution in [0.25, 0.3) is 0 Å². The second-order valence-electron chi connectivity index (χ2n) is 3.98. The smallest absolute Gasteiger partial charge is 0.134 e. The van der Waals surface area contributed by atoms with Crippen molar-refractivity contribution in [3.05, 3.63) is 11.9 Å². The molecule has 0 amide bonds. The van der Waals surface area contributed by atoms with Crippen LogP contribution in [0.3, 0.4) is 0 Å². The first kappa shape index (κ1) is 11.1. The third kappa shape index (κ3) is 2.41. The topological polar surface area (TPSA) is 59.1 Å². The van der Waals surface area contributed by atoms with Gasteiger partial charge in [-0.05, 0) is 19.8 Å². The molecule has 1 aliphatic rings.